The van der Waals surface area contributed by atoms with E-state index in [9.17, 15) is 4.79 Å². The molecule has 0 saturated carbocycles. The van der Waals surface area contributed by atoms with Gasteiger partial charge in [0.05, 0.1) is 18.7 Å². The summed E-state index contributed by atoms with van der Waals surface area (Å²) in [6.07, 6.45) is 0. The van der Waals surface area contributed by atoms with E-state index >= 15 is 0 Å². The summed E-state index contributed by atoms with van der Waals surface area (Å²) < 4.78 is 6.41. The van der Waals surface area contributed by atoms with Gasteiger partial charge in [0.25, 0.3) is 5.56 Å². The number of aromatic nitrogens is 3. The van der Waals surface area contributed by atoms with Crippen LogP contribution in [0.5, 0.6) is 5.75 Å². The summed E-state index contributed by atoms with van der Waals surface area (Å²) in [5.74, 6) is 0.983. The molecule has 0 N–H and O–H groups in total. The zero-order valence-electron chi connectivity index (χ0n) is 10.5. The summed E-state index contributed by atoms with van der Waals surface area (Å²) in [6.45, 7) is 0. The molecule has 102 valence electrons. The minimum absolute atomic E-state index is 0.210. The number of fused-ring (bicyclic) bond motifs is 1. The molecule has 5 nitrogen and oxygen atoms in total. The molecule has 0 aliphatic rings. The number of rotatable bonds is 3. The highest BCUT2D eigenvalue weighted by Crippen LogP contribution is 2.26. The van der Waals surface area contributed by atoms with E-state index in [1.165, 1.54) is 21.9 Å². The van der Waals surface area contributed by atoms with Crippen molar-refractivity contribution < 1.29 is 4.74 Å². The topological polar surface area (TPSA) is 56.5 Å². The van der Waals surface area contributed by atoms with Crippen LogP contribution in [0.15, 0.2) is 35.1 Å². The first-order valence-corrected chi connectivity index (χ1v) is 7.16. The van der Waals surface area contributed by atoms with Crippen LogP contribution in [0.1, 0.15) is 5.69 Å². The number of halogens is 1. The van der Waals surface area contributed by atoms with Crippen LogP contribution in [-0.4, -0.2) is 21.7 Å². The Balaban J connectivity index is 2.12. The number of hydrogen-bond acceptors (Lipinski definition) is 5. The second-order valence-electron chi connectivity index (χ2n) is 4.05. The third-order valence-electron chi connectivity index (χ3n) is 2.77. The number of hydrogen-bond donors (Lipinski definition) is 0. The summed E-state index contributed by atoms with van der Waals surface area (Å²) >= 11 is 7.06. The average molecular weight is 308 g/mol. The lowest BCUT2D eigenvalue weighted by Crippen LogP contribution is -2.14. The quantitative estimate of drug-likeness (QED) is 0.698. The Hall–Kier alpha value is -1.92. The van der Waals surface area contributed by atoms with Gasteiger partial charge >= 0.3 is 0 Å². The number of nitrogens with zero attached hydrogens (tertiary/aromatic N) is 3. The van der Waals surface area contributed by atoms with Gasteiger partial charge in [-0.25, -0.2) is 4.98 Å². The fraction of sp³-hybridized carbons (Fsp3) is 0.154. The second-order valence-corrected chi connectivity index (χ2v) is 5.27. The van der Waals surface area contributed by atoms with Gasteiger partial charge in [-0.1, -0.05) is 11.3 Å². The maximum absolute atomic E-state index is 11.9. The van der Waals surface area contributed by atoms with Crippen LogP contribution in [0.3, 0.4) is 0 Å². The van der Waals surface area contributed by atoms with Gasteiger partial charge in [-0.2, -0.15) is 9.61 Å². The molecule has 0 amide bonds. The maximum Gasteiger partial charge on any atom is 0.275 e. The predicted molar refractivity (Wildman–Crippen MR) is 78.7 cm³/mol. The second kappa shape index (κ2) is 5.22. The Bertz CT molecular complexity index is 811. The van der Waals surface area contributed by atoms with Crippen molar-refractivity contribution in [2.75, 3.05) is 7.11 Å². The van der Waals surface area contributed by atoms with Crippen LogP contribution in [0.2, 0.25) is 0 Å². The first-order valence-electron chi connectivity index (χ1n) is 5.81. The first kappa shape index (κ1) is 13.1. The van der Waals surface area contributed by atoms with Gasteiger partial charge in [0.15, 0.2) is 0 Å². The molecule has 0 aliphatic heterocycles. The lowest BCUT2D eigenvalue weighted by atomic mass is 10.2. The van der Waals surface area contributed by atoms with Crippen LogP contribution < -0.4 is 10.3 Å². The summed E-state index contributed by atoms with van der Waals surface area (Å²) in [5.41, 5.74) is 1.25. The SMILES string of the molecule is COc1ccc(-c2nn3c(=O)cc(CCl)nc3s2)cc1. The van der Waals surface area contributed by atoms with Crippen LogP contribution >= 0.6 is 22.9 Å². The molecule has 0 fully saturated rings. The zero-order valence-corrected chi connectivity index (χ0v) is 12.1. The van der Waals surface area contributed by atoms with Gasteiger partial charge in [0, 0.05) is 11.6 Å². The van der Waals surface area contributed by atoms with E-state index in [0.717, 1.165) is 16.3 Å². The van der Waals surface area contributed by atoms with Crippen LogP contribution in [0.4, 0.5) is 0 Å². The first-order chi connectivity index (χ1) is 9.71. The number of alkyl halides is 1. The largest absolute Gasteiger partial charge is 0.497 e. The highest BCUT2D eigenvalue weighted by Gasteiger charge is 2.10. The maximum atomic E-state index is 11.9. The van der Waals surface area contributed by atoms with Crippen molar-refractivity contribution in [1.82, 2.24) is 14.6 Å². The molecule has 0 radical (unpaired) electrons. The van der Waals surface area contributed by atoms with Crippen molar-refractivity contribution >= 4 is 27.9 Å². The fourth-order valence-corrected chi connectivity index (χ4v) is 2.84. The van der Waals surface area contributed by atoms with E-state index in [-0.39, 0.29) is 11.4 Å². The summed E-state index contributed by atoms with van der Waals surface area (Å²) in [7, 11) is 1.61. The minimum atomic E-state index is -0.221. The van der Waals surface area contributed by atoms with Crippen molar-refractivity contribution in [1.29, 1.82) is 0 Å². The Morgan fingerprint density at radius 3 is 2.75 bits per heavy atom. The van der Waals surface area contributed by atoms with Crippen LogP contribution in [0, 0.1) is 0 Å². The van der Waals surface area contributed by atoms with Gasteiger partial charge in [0.1, 0.15) is 10.8 Å². The molecule has 2 aromatic heterocycles. The standard InChI is InChI=1S/C13H10ClN3O2S/c1-19-10-4-2-8(3-5-10)12-16-17-11(18)6-9(7-14)15-13(17)20-12/h2-6H,7H2,1H3. The molecular formula is C13H10ClN3O2S. The summed E-state index contributed by atoms with van der Waals surface area (Å²) in [6, 6.07) is 8.88. The predicted octanol–water partition coefficient (Wildman–Crippen LogP) is 2.57. The third kappa shape index (κ3) is 2.28. The monoisotopic (exact) mass is 307 g/mol. The van der Waals surface area contributed by atoms with E-state index in [1.807, 2.05) is 24.3 Å². The van der Waals surface area contributed by atoms with Crippen molar-refractivity contribution in [3.63, 3.8) is 0 Å². The number of methoxy groups -OCH3 is 1. The molecule has 7 heteroatoms. The van der Waals surface area contributed by atoms with Crippen LogP contribution in [-0.2, 0) is 5.88 Å². The lowest BCUT2D eigenvalue weighted by molar-refractivity contribution is 0.415. The van der Waals surface area contributed by atoms with Crippen molar-refractivity contribution in [3.8, 4) is 16.3 Å². The Labute approximate surface area is 123 Å². The van der Waals surface area contributed by atoms with Crippen molar-refractivity contribution in [2.24, 2.45) is 0 Å². The lowest BCUT2D eigenvalue weighted by Gasteiger charge is -1.99. The molecule has 0 atom stereocenters. The normalized spacial score (nSPS) is 10.9. The molecule has 20 heavy (non-hydrogen) atoms. The molecule has 3 rings (SSSR count). The van der Waals surface area contributed by atoms with E-state index in [1.54, 1.807) is 7.11 Å². The van der Waals surface area contributed by atoms with Gasteiger partial charge in [-0.15, -0.1) is 11.6 Å². The van der Waals surface area contributed by atoms with E-state index in [4.69, 9.17) is 16.3 Å². The highest BCUT2D eigenvalue weighted by molar-refractivity contribution is 7.19. The number of ether oxygens (including phenoxy) is 1. The number of benzene rings is 1. The third-order valence-corrected chi connectivity index (χ3v) is 4.00. The fourth-order valence-electron chi connectivity index (χ4n) is 1.77. The van der Waals surface area contributed by atoms with Gasteiger partial charge in [-0.3, -0.25) is 4.79 Å². The summed E-state index contributed by atoms with van der Waals surface area (Å²) in [4.78, 5) is 16.7. The van der Waals surface area contributed by atoms with Crippen molar-refractivity contribution in [3.05, 3.63) is 46.4 Å². The van der Waals surface area contributed by atoms with Gasteiger partial charge in [-0.05, 0) is 24.3 Å². The summed E-state index contributed by atoms with van der Waals surface area (Å²) in [5, 5.41) is 5.02. The average Bonchev–Trinajstić information content (AvgIpc) is 2.92. The smallest absolute Gasteiger partial charge is 0.275 e. The Morgan fingerprint density at radius 2 is 2.10 bits per heavy atom. The molecule has 0 aliphatic carbocycles. The molecule has 2 heterocycles. The molecule has 3 aromatic rings. The minimum Gasteiger partial charge on any atom is -0.497 e. The van der Waals surface area contributed by atoms with E-state index in [0.29, 0.717) is 10.7 Å². The molecule has 0 bridgehead atoms. The zero-order chi connectivity index (χ0) is 14.1. The Kier molecular flexibility index (Phi) is 3.42. The molecule has 0 spiro atoms. The van der Waals surface area contributed by atoms with Crippen molar-refractivity contribution in [2.45, 2.75) is 5.88 Å². The van der Waals surface area contributed by atoms with E-state index < -0.39 is 0 Å². The van der Waals surface area contributed by atoms with Crippen LogP contribution in [0.25, 0.3) is 15.5 Å². The molecule has 1 aromatic carbocycles. The Morgan fingerprint density at radius 1 is 1.35 bits per heavy atom. The molecule has 0 unspecified atom stereocenters. The molecule has 0 saturated heterocycles. The van der Waals surface area contributed by atoms with E-state index in [2.05, 4.69) is 10.1 Å². The molecular weight excluding hydrogens is 298 g/mol. The van der Waals surface area contributed by atoms with Gasteiger partial charge in [0.2, 0.25) is 4.96 Å². The van der Waals surface area contributed by atoms with Gasteiger partial charge < -0.3 is 4.74 Å². The highest BCUT2D eigenvalue weighted by atomic mass is 35.5.